The van der Waals surface area contributed by atoms with E-state index in [-0.39, 0.29) is 19.3 Å². The van der Waals surface area contributed by atoms with E-state index in [9.17, 15) is 34.5 Å². The molecule has 3 N–H and O–H groups in total. The SMILES string of the molecule is CC/C=C\C/C=C\C/C=C\C/C=C\C/C=C\CC(=O)OCC(COC1OC(C(=O)O)C(O)C(O)C1OC(=O)C/C=C\C/C=C\C/C=C\C/C=C\C/C=C\CC)OC(=O)CCCCCCC/C=C\C/C=C\CCCCC. The van der Waals surface area contributed by atoms with Crippen molar-refractivity contribution < 1.29 is 58.2 Å². The van der Waals surface area contributed by atoms with E-state index in [4.69, 9.17) is 23.7 Å². The summed E-state index contributed by atoms with van der Waals surface area (Å²) in [7, 11) is 0. The molecule has 1 aliphatic rings. The predicted octanol–water partition coefficient (Wildman–Crippen LogP) is 14.0. The zero-order chi connectivity index (χ0) is 54.7. The minimum atomic E-state index is -1.96. The number of unbranched alkanes of at least 4 members (excludes halogenated alkanes) is 8. The van der Waals surface area contributed by atoms with E-state index in [1.165, 1.54) is 19.3 Å². The van der Waals surface area contributed by atoms with Gasteiger partial charge in [0, 0.05) is 6.42 Å². The average Bonchev–Trinajstić information content (AvgIpc) is 3.39. The Balaban J connectivity index is 2.84. The van der Waals surface area contributed by atoms with Crippen LogP contribution in [0.25, 0.3) is 0 Å². The van der Waals surface area contributed by atoms with Crippen molar-refractivity contribution in [3.05, 3.63) is 146 Å². The van der Waals surface area contributed by atoms with E-state index in [2.05, 4.69) is 118 Å². The second-order valence-electron chi connectivity index (χ2n) is 18.1. The highest BCUT2D eigenvalue weighted by atomic mass is 16.7. The van der Waals surface area contributed by atoms with Crippen molar-refractivity contribution in [2.75, 3.05) is 13.2 Å². The third-order valence-electron chi connectivity index (χ3n) is 11.4. The molecule has 12 nitrogen and oxygen atoms in total. The Labute approximate surface area is 451 Å². The number of aliphatic carboxylic acids is 1. The molecule has 1 heterocycles. The Morgan fingerprint density at radius 2 is 0.880 bits per heavy atom. The molecule has 0 radical (unpaired) electrons. The third kappa shape index (κ3) is 39.7. The lowest BCUT2D eigenvalue weighted by molar-refractivity contribution is -0.301. The van der Waals surface area contributed by atoms with Crippen LogP contribution in [0.15, 0.2) is 146 Å². The number of carboxylic acid groups (broad SMARTS) is 1. The quantitative estimate of drug-likeness (QED) is 0.0228. The summed E-state index contributed by atoms with van der Waals surface area (Å²) in [5.41, 5.74) is 0. The van der Waals surface area contributed by atoms with E-state index in [1.807, 2.05) is 30.4 Å². The summed E-state index contributed by atoms with van der Waals surface area (Å²) in [6, 6.07) is 0. The minimum absolute atomic E-state index is 0.0347. The van der Waals surface area contributed by atoms with Crippen molar-refractivity contribution in [1.82, 2.24) is 0 Å². The van der Waals surface area contributed by atoms with Crippen molar-refractivity contribution >= 4 is 23.9 Å². The zero-order valence-electron chi connectivity index (χ0n) is 45.7. The number of carboxylic acids is 1. The number of hydrogen-bond donors (Lipinski definition) is 3. The van der Waals surface area contributed by atoms with Crippen LogP contribution in [0.1, 0.15) is 175 Å². The second-order valence-corrected chi connectivity index (χ2v) is 18.1. The molecule has 0 aliphatic carbocycles. The number of aliphatic hydroxyl groups excluding tert-OH is 2. The number of carbonyl (C=O) groups is 4. The van der Waals surface area contributed by atoms with Crippen molar-refractivity contribution in [2.45, 2.75) is 212 Å². The fourth-order valence-corrected chi connectivity index (χ4v) is 7.25. The van der Waals surface area contributed by atoms with Crippen LogP contribution in [-0.2, 0) is 42.9 Å². The van der Waals surface area contributed by atoms with Gasteiger partial charge in [-0.25, -0.2) is 4.79 Å². The molecule has 0 aromatic carbocycles. The average molecular weight is 1040 g/mol. The lowest BCUT2D eigenvalue weighted by atomic mass is 9.98. The number of esters is 3. The number of allylic oxidation sites excluding steroid dienone is 22. The van der Waals surface area contributed by atoms with Gasteiger partial charge >= 0.3 is 23.9 Å². The molecule has 1 rings (SSSR count). The summed E-state index contributed by atoms with van der Waals surface area (Å²) in [5, 5.41) is 31.4. The maximum Gasteiger partial charge on any atom is 0.335 e. The monoisotopic (exact) mass is 1040 g/mol. The molecule has 12 heteroatoms. The molecule has 1 aliphatic heterocycles. The first-order valence-corrected chi connectivity index (χ1v) is 27.8. The molecule has 0 spiro atoms. The summed E-state index contributed by atoms with van der Waals surface area (Å²) in [6.07, 6.45) is 58.7. The van der Waals surface area contributed by atoms with E-state index in [0.29, 0.717) is 19.3 Å². The normalized spacial score (nSPS) is 19.3. The molecular weight excluding hydrogens is 949 g/mol. The van der Waals surface area contributed by atoms with Gasteiger partial charge in [0.2, 0.25) is 0 Å². The van der Waals surface area contributed by atoms with Crippen molar-refractivity contribution in [3.8, 4) is 0 Å². The van der Waals surface area contributed by atoms with Gasteiger partial charge in [-0.15, -0.1) is 0 Å². The first kappa shape index (κ1) is 67.6. The Morgan fingerprint density at radius 3 is 1.35 bits per heavy atom. The van der Waals surface area contributed by atoms with Crippen LogP contribution in [-0.4, -0.2) is 89.2 Å². The molecule has 1 saturated heterocycles. The molecule has 75 heavy (non-hydrogen) atoms. The summed E-state index contributed by atoms with van der Waals surface area (Å²) in [5.74, 6) is -3.50. The van der Waals surface area contributed by atoms with Gasteiger partial charge in [-0.3, -0.25) is 14.4 Å². The van der Waals surface area contributed by atoms with Crippen molar-refractivity contribution in [1.29, 1.82) is 0 Å². The van der Waals surface area contributed by atoms with Gasteiger partial charge in [0.15, 0.2) is 24.6 Å². The van der Waals surface area contributed by atoms with Crippen molar-refractivity contribution in [3.63, 3.8) is 0 Å². The van der Waals surface area contributed by atoms with Crippen molar-refractivity contribution in [2.24, 2.45) is 0 Å². The van der Waals surface area contributed by atoms with Crippen LogP contribution < -0.4 is 0 Å². The van der Waals surface area contributed by atoms with Crippen LogP contribution in [0.3, 0.4) is 0 Å². The number of ether oxygens (including phenoxy) is 5. The van der Waals surface area contributed by atoms with E-state index in [0.717, 1.165) is 96.3 Å². The lowest BCUT2D eigenvalue weighted by Gasteiger charge is -2.40. The van der Waals surface area contributed by atoms with E-state index < -0.39 is 73.9 Å². The highest BCUT2D eigenvalue weighted by molar-refractivity contribution is 5.74. The maximum atomic E-state index is 13.1. The Bertz CT molecular complexity index is 1860. The lowest BCUT2D eigenvalue weighted by Crippen LogP contribution is -2.61. The number of carbonyl (C=O) groups excluding carboxylic acids is 3. The molecule has 0 amide bonds. The fraction of sp³-hybridized carbons (Fsp3) is 0.556. The molecule has 6 atom stereocenters. The van der Waals surface area contributed by atoms with Gasteiger partial charge in [0.25, 0.3) is 0 Å². The molecule has 0 bridgehead atoms. The van der Waals surface area contributed by atoms with Crippen LogP contribution in [0.2, 0.25) is 0 Å². The van der Waals surface area contributed by atoms with Crippen LogP contribution in [0, 0.1) is 0 Å². The smallest absolute Gasteiger partial charge is 0.335 e. The summed E-state index contributed by atoms with van der Waals surface area (Å²) in [4.78, 5) is 50.9. The summed E-state index contributed by atoms with van der Waals surface area (Å²) in [6.45, 7) is 5.56. The molecule has 418 valence electrons. The Kier molecular flexibility index (Phi) is 44.6. The molecule has 0 aromatic rings. The van der Waals surface area contributed by atoms with Crippen LogP contribution in [0.4, 0.5) is 0 Å². The summed E-state index contributed by atoms with van der Waals surface area (Å²) >= 11 is 0. The topological polar surface area (TPSA) is 175 Å². The molecule has 6 unspecified atom stereocenters. The van der Waals surface area contributed by atoms with Gasteiger partial charge in [-0.2, -0.15) is 0 Å². The fourth-order valence-electron chi connectivity index (χ4n) is 7.25. The molecule has 0 aromatic heterocycles. The Hall–Kier alpha value is -5.40. The van der Waals surface area contributed by atoms with Gasteiger partial charge in [-0.05, 0) is 103 Å². The van der Waals surface area contributed by atoms with Gasteiger partial charge < -0.3 is 39.0 Å². The van der Waals surface area contributed by atoms with Crippen LogP contribution >= 0.6 is 0 Å². The predicted molar refractivity (Wildman–Crippen MR) is 302 cm³/mol. The van der Waals surface area contributed by atoms with Gasteiger partial charge in [0.1, 0.15) is 18.8 Å². The molecular formula is C63H94O12. The van der Waals surface area contributed by atoms with E-state index >= 15 is 0 Å². The third-order valence-corrected chi connectivity index (χ3v) is 11.4. The van der Waals surface area contributed by atoms with Gasteiger partial charge in [0.05, 0.1) is 19.4 Å². The minimum Gasteiger partial charge on any atom is -0.479 e. The van der Waals surface area contributed by atoms with E-state index in [1.54, 1.807) is 18.2 Å². The standard InChI is InChI=1S/C63H94O12/c1-4-7-10-13-16-19-22-25-28-31-34-37-40-43-46-49-55(64)71-52-54(73-56(65)50-47-44-41-38-35-32-29-26-23-20-17-14-11-8-5-2)53-72-63-61(59(68)58(67)60(75-63)62(69)70)74-57(66)51-48-45-42-39-36-33-30-27-24-21-18-15-12-9-6-3/h7,9-10,12,16-21,25-30,34,36-37,39,43,45-46,48,54,58-61,63,67-68H,4-6,8,11,13-15,22-24,31-33,35,38,40-42,44,47,49-53H2,1-3H3,(H,69,70)/b10-7-,12-9-,19-16-,20-17-,21-18-,28-25-,29-26-,30-27-,37-34-,39-36-,46-43-,48-45-. The second kappa shape index (κ2) is 49.5. The van der Waals surface area contributed by atoms with Crippen LogP contribution in [0.5, 0.6) is 0 Å². The number of rotatable bonds is 44. The molecule has 0 saturated carbocycles. The number of hydrogen-bond acceptors (Lipinski definition) is 11. The summed E-state index contributed by atoms with van der Waals surface area (Å²) < 4.78 is 28.1. The maximum absolute atomic E-state index is 13.1. The Morgan fingerprint density at radius 1 is 0.467 bits per heavy atom. The largest absolute Gasteiger partial charge is 0.479 e. The molecule has 1 fully saturated rings. The van der Waals surface area contributed by atoms with Gasteiger partial charge in [-0.1, -0.05) is 199 Å². The number of aliphatic hydroxyl groups is 2. The first-order chi connectivity index (χ1) is 36.6. The highest BCUT2D eigenvalue weighted by Gasteiger charge is 2.50. The first-order valence-electron chi connectivity index (χ1n) is 27.8. The highest BCUT2D eigenvalue weighted by Crippen LogP contribution is 2.26. The zero-order valence-corrected chi connectivity index (χ0v) is 45.7.